The highest BCUT2D eigenvalue weighted by Crippen LogP contribution is 2.40. The first-order chi connectivity index (χ1) is 9.67. The van der Waals surface area contributed by atoms with Gasteiger partial charge in [-0.25, -0.2) is 13.1 Å². The number of anilines is 1. The van der Waals surface area contributed by atoms with E-state index in [1.807, 2.05) is 13.8 Å². The zero-order valence-corrected chi connectivity index (χ0v) is 13.0. The third-order valence-electron chi connectivity index (χ3n) is 3.74. The normalized spacial score (nSPS) is 15.8. The van der Waals surface area contributed by atoms with Crippen LogP contribution >= 0.6 is 0 Å². The molecule has 0 saturated heterocycles. The molecule has 116 valence electrons. The molecule has 2 N–H and O–H groups in total. The molecule has 1 aliphatic carbocycles. The average Bonchev–Trinajstić information content (AvgIpc) is 3.21. The zero-order valence-electron chi connectivity index (χ0n) is 12.2. The van der Waals surface area contributed by atoms with Crippen LogP contribution in [0.1, 0.15) is 26.7 Å². The van der Waals surface area contributed by atoms with Crippen molar-refractivity contribution in [3.8, 4) is 0 Å². The molecule has 0 spiro atoms. The van der Waals surface area contributed by atoms with Crippen LogP contribution in [0.2, 0.25) is 0 Å². The Labute approximate surface area is 123 Å². The Morgan fingerprint density at radius 1 is 1.33 bits per heavy atom. The quantitative estimate of drug-likeness (QED) is 0.618. The highest BCUT2D eigenvalue weighted by molar-refractivity contribution is 7.89. The lowest BCUT2D eigenvalue weighted by Gasteiger charge is -2.25. The summed E-state index contributed by atoms with van der Waals surface area (Å²) in [4.78, 5) is 10.3. The summed E-state index contributed by atoms with van der Waals surface area (Å²) >= 11 is 0. The van der Waals surface area contributed by atoms with E-state index >= 15 is 0 Å². The highest BCUT2D eigenvalue weighted by atomic mass is 32.2. The number of hydrogen-bond acceptors (Lipinski definition) is 5. The molecule has 0 atom stereocenters. The number of benzene rings is 1. The summed E-state index contributed by atoms with van der Waals surface area (Å²) in [7, 11) is -2.24. The fourth-order valence-electron chi connectivity index (χ4n) is 2.33. The van der Waals surface area contributed by atoms with E-state index in [4.69, 9.17) is 0 Å². The largest absolute Gasteiger partial charge is 0.383 e. The number of sulfonamides is 1. The van der Waals surface area contributed by atoms with Crippen molar-refractivity contribution in [2.75, 3.05) is 12.4 Å². The van der Waals surface area contributed by atoms with Crippen molar-refractivity contribution < 1.29 is 13.3 Å². The second-order valence-electron chi connectivity index (χ2n) is 5.79. The molecule has 2 rings (SSSR count). The summed E-state index contributed by atoms with van der Waals surface area (Å²) in [6.07, 6.45) is 1.99. The van der Waals surface area contributed by atoms with Crippen molar-refractivity contribution >= 4 is 21.4 Å². The summed E-state index contributed by atoms with van der Waals surface area (Å²) in [6.45, 7) is 3.66. The molecule has 1 aromatic rings. The number of hydrogen-bond donors (Lipinski definition) is 2. The van der Waals surface area contributed by atoms with Gasteiger partial charge >= 0.3 is 0 Å². The molecule has 0 aromatic heterocycles. The molecular weight excluding hydrogens is 294 g/mol. The Morgan fingerprint density at radius 2 is 1.95 bits per heavy atom. The lowest BCUT2D eigenvalue weighted by Crippen LogP contribution is -2.45. The molecule has 0 unspecified atom stereocenters. The topological polar surface area (TPSA) is 101 Å². The van der Waals surface area contributed by atoms with Gasteiger partial charge in [0.25, 0.3) is 5.69 Å². The predicted octanol–water partition coefficient (Wildman–Crippen LogP) is 2.10. The van der Waals surface area contributed by atoms with Crippen LogP contribution in [-0.4, -0.2) is 25.9 Å². The molecule has 0 bridgehead atoms. The summed E-state index contributed by atoms with van der Waals surface area (Å²) in [5.41, 5.74) is -0.528. The lowest BCUT2D eigenvalue weighted by molar-refractivity contribution is -0.384. The van der Waals surface area contributed by atoms with Crippen molar-refractivity contribution in [1.29, 1.82) is 0 Å². The summed E-state index contributed by atoms with van der Waals surface area (Å²) < 4.78 is 27.4. The van der Waals surface area contributed by atoms with Gasteiger partial charge in [-0.1, -0.05) is 0 Å². The van der Waals surface area contributed by atoms with Gasteiger partial charge in [-0.2, -0.15) is 0 Å². The second-order valence-corrected chi connectivity index (χ2v) is 7.47. The van der Waals surface area contributed by atoms with Crippen LogP contribution in [0.5, 0.6) is 0 Å². The van der Waals surface area contributed by atoms with E-state index in [-0.39, 0.29) is 16.3 Å². The van der Waals surface area contributed by atoms with Crippen molar-refractivity contribution in [1.82, 2.24) is 4.72 Å². The number of nitro benzene ring substituents is 1. The maximum absolute atomic E-state index is 12.4. The van der Waals surface area contributed by atoms with Gasteiger partial charge in [-0.05, 0) is 44.7 Å². The Balaban J connectivity index is 2.36. The SMILES string of the molecule is CNc1ccc(S(=O)(=O)NC(C)(C)C2CC2)cc1[N+](=O)[O-]. The molecule has 21 heavy (non-hydrogen) atoms. The van der Waals surface area contributed by atoms with E-state index in [1.165, 1.54) is 12.1 Å². The zero-order chi connectivity index (χ0) is 15.8. The molecule has 1 aromatic carbocycles. The summed E-state index contributed by atoms with van der Waals surface area (Å²) in [5.74, 6) is 0.318. The third kappa shape index (κ3) is 3.33. The van der Waals surface area contributed by atoms with Gasteiger partial charge in [0.15, 0.2) is 0 Å². The predicted molar refractivity (Wildman–Crippen MR) is 79.8 cm³/mol. The van der Waals surface area contributed by atoms with E-state index in [1.54, 1.807) is 7.05 Å². The Hall–Kier alpha value is -1.67. The first kappa shape index (κ1) is 15.7. The molecule has 0 radical (unpaired) electrons. The van der Waals surface area contributed by atoms with Crippen LogP contribution in [0.15, 0.2) is 23.1 Å². The minimum absolute atomic E-state index is 0.0954. The molecule has 0 heterocycles. The van der Waals surface area contributed by atoms with Crippen LogP contribution in [0.4, 0.5) is 11.4 Å². The molecular formula is C13H19N3O4S. The summed E-state index contributed by atoms with van der Waals surface area (Å²) in [5, 5.41) is 13.7. The minimum atomic E-state index is -3.79. The monoisotopic (exact) mass is 313 g/mol. The second kappa shape index (κ2) is 5.27. The van der Waals surface area contributed by atoms with Crippen molar-refractivity contribution in [3.05, 3.63) is 28.3 Å². The van der Waals surface area contributed by atoms with Gasteiger partial charge < -0.3 is 5.32 Å². The molecule has 0 amide bonds. The smallest absolute Gasteiger partial charge is 0.293 e. The molecule has 1 aliphatic rings. The average molecular weight is 313 g/mol. The van der Waals surface area contributed by atoms with Crippen molar-refractivity contribution in [2.45, 2.75) is 37.1 Å². The summed E-state index contributed by atoms with van der Waals surface area (Å²) in [6, 6.07) is 3.85. The van der Waals surface area contributed by atoms with Gasteiger partial charge in [-0.15, -0.1) is 0 Å². The van der Waals surface area contributed by atoms with Crippen LogP contribution in [0.3, 0.4) is 0 Å². The maximum atomic E-state index is 12.4. The van der Waals surface area contributed by atoms with Crippen LogP contribution in [-0.2, 0) is 10.0 Å². The third-order valence-corrected chi connectivity index (χ3v) is 5.41. The number of rotatable bonds is 6. The van der Waals surface area contributed by atoms with Crippen molar-refractivity contribution in [3.63, 3.8) is 0 Å². The lowest BCUT2D eigenvalue weighted by atomic mass is 10.0. The van der Waals surface area contributed by atoms with E-state index in [9.17, 15) is 18.5 Å². The molecule has 7 nitrogen and oxygen atoms in total. The standard InChI is InChI=1S/C13H19N3O4S/c1-13(2,9-4-5-9)15-21(19,20)10-6-7-11(14-3)12(8-10)16(17)18/h6-9,14-15H,4-5H2,1-3H3. The van der Waals surface area contributed by atoms with E-state index in [2.05, 4.69) is 10.0 Å². The van der Waals surface area contributed by atoms with Gasteiger partial charge in [0.1, 0.15) is 5.69 Å². The van der Waals surface area contributed by atoms with Crippen LogP contribution in [0.25, 0.3) is 0 Å². The highest BCUT2D eigenvalue weighted by Gasteiger charge is 2.40. The van der Waals surface area contributed by atoms with Gasteiger partial charge in [0.2, 0.25) is 10.0 Å². The Kier molecular flexibility index (Phi) is 3.94. The molecule has 1 saturated carbocycles. The number of nitrogens with one attached hydrogen (secondary N) is 2. The van der Waals surface area contributed by atoms with Crippen molar-refractivity contribution in [2.24, 2.45) is 5.92 Å². The van der Waals surface area contributed by atoms with Crippen LogP contribution < -0.4 is 10.0 Å². The van der Waals surface area contributed by atoms with E-state index in [0.717, 1.165) is 18.9 Å². The Morgan fingerprint density at radius 3 is 2.43 bits per heavy atom. The van der Waals surface area contributed by atoms with E-state index in [0.29, 0.717) is 5.92 Å². The Bertz CT molecular complexity index is 666. The van der Waals surface area contributed by atoms with E-state index < -0.39 is 20.5 Å². The fraction of sp³-hybridized carbons (Fsp3) is 0.538. The molecule has 1 fully saturated rings. The first-order valence-electron chi connectivity index (χ1n) is 6.67. The van der Waals surface area contributed by atoms with Gasteiger partial charge in [-0.3, -0.25) is 10.1 Å². The maximum Gasteiger partial charge on any atom is 0.293 e. The van der Waals surface area contributed by atoms with Gasteiger partial charge in [0.05, 0.1) is 9.82 Å². The number of nitrogens with zero attached hydrogens (tertiary/aromatic N) is 1. The molecule has 0 aliphatic heterocycles. The fourth-order valence-corrected chi connectivity index (χ4v) is 3.83. The molecule has 8 heteroatoms. The number of nitro groups is 1. The van der Waals surface area contributed by atoms with Gasteiger partial charge in [0, 0.05) is 18.7 Å². The van der Waals surface area contributed by atoms with Crippen LogP contribution in [0, 0.1) is 16.0 Å². The minimum Gasteiger partial charge on any atom is -0.383 e. The first-order valence-corrected chi connectivity index (χ1v) is 8.16.